The van der Waals surface area contributed by atoms with Crippen molar-refractivity contribution in [3.63, 3.8) is 0 Å². The third-order valence-electron chi connectivity index (χ3n) is 6.57. The molecule has 2 bridgehead atoms. The molecule has 4 atom stereocenters. The monoisotopic (exact) mass is 409 g/mol. The molecule has 29 heavy (non-hydrogen) atoms. The van der Waals surface area contributed by atoms with Gasteiger partial charge in [-0.3, -0.25) is 9.59 Å². The van der Waals surface area contributed by atoms with E-state index in [2.05, 4.69) is 5.32 Å². The number of nitrogens with zero attached hydrogens (tertiary/aromatic N) is 1. The van der Waals surface area contributed by atoms with E-state index in [-0.39, 0.29) is 54.3 Å². The van der Waals surface area contributed by atoms with Gasteiger partial charge in [0.05, 0.1) is 6.54 Å². The van der Waals surface area contributed by atoms with E-state index >= 15 is 0 Å². The summed E-state index contributed by atoms with van der Waals surface area (Å²) in [4.78, 5) is 26.3. The van der Waals surface area contributed by atoms with Crippen LogP contribution in [-0.4, -0.2) is 41.4 Å². The maximum absolute atomic E-state index is 14.0. The van der Waals surface area contributed by atoms with Crippen molar-refractivity contribution >= 4 is 11.8 Å². The van der Waals surface area contributed by atoms with Crippen molar-refractivity contribution in [3.8, 4) is 0 Å². The maximum atomic E-state index is 14.0. The Bertz CT molecular complexity index is 801. The summed E-state index contributed by atoms with van der Waals surface area (Å²) >= 11 is 0. The number of benzene rings is 1. The van der Waals surface area contributed by atoms with Gasteiger partial charge >= 0.3 is 0 Å². The molecule has 158 valence electrons. The van der Waals surface area contributed by atoms with Gasteiger partial charge in [0.25, 0.3) is 0 Å². The van der Waals surface area contributed by atoms with Gasteiger partial charge < -0.3 is 16.0 Å². The molecule has 4 rings (SSSR count). The number of piperidine rings is 1. The predicted octanol–water partition coefficient (Wildman–Crippen LogP) is 2.27. The molecule has 0 aromatic heterocycles. The first-order valence-corrected chi connectivity index (χ1v) is 10.3. The molecule has 1 aliphatic carbocycles. The van der Waals surface area contributed by atoms with Gasteiger partial charge in [-0.1, -0.05) is 0 Å². The standard InChI is InChI=1S/C21H26F3N3O2/c22-16-9-18(24)17(23)7-12(16)8-19(25)13-5-14-3-4-15(6-13)27(14)20(28)10-26-21(29)11-1-2-11/h7,9,11,13-15,19H,1-6,8,10,25H2,(H,26,29)/t13?,14-,15+,19-/m1/s1. The molecule has 2 heterocycles. The van der Waals surface area contributed by atoms with Crippen LogP contribution in [0.15, 0.2) is 12.1 Å². The number of hydrogen-bond donors (Lipinski definition) is 2. The molecule has 1 aromatic rings. The van der Waals surface area contributed by atoms with Crippen LogP contribution in [0.5, 0.6) is 0 Å². The van der Waals surface area contributed by atoms with Crippen LogP contribution in [0, 0.1) is 29.3 Å². The minimum atomic E-state index is -1.21. The fourth-order valence-corrected chi connectivity index (χ4v) is 4.86. The molecule has 3 aliphatic rings. The number of amides is 2. The largest absolute Gasteiger partial charge is 0.347 e. The molecule has 1 unspecified atom stereocenters. The maximum Gasteiger partial charge on any atom is 0.242 e. The zero-order valence-electron chi connectivity index (χ0n) is 16.2. The Labute approximate surface area is 167 Å². The highest BCUT2D eigenvalue weighted by Crippen LogP contribution is 2.40. The summed E-state index contributed by atoms with van der Waals surface area (Å²) in [7, 11) is 0. The summed E-state index contributed by atoms with van der Waals surface area (Å²) in [6, 6.07) is 1.15. The van der Waals surface area contributed by atoms with Crippen LogP contribution in [0.4, 0.5) is 13.2 Å². The van der Waals surface area contributed by atoms with Gasteiger partial charge in [0.2, 0.25) is 11.8 Å². The number of halogens is 3. The number of hydrogen-bond acceptors (Lipinski definition) is 3. The summed E-state index contributed by atoms with van der Waals surface area (Å²) in [5, 5.41) is 2.73. The highest BCUT2D eigenvalue weighted by Gasteiger charge is 2.44. The number of carbonyl (C=O) groups excluding carboxylic acids is 2. The predicted molar refractivity (Wildman–Crippen MR) is 100 cm³/mol. The molecule has 2 aliphatic heterocycles. The van der Waals surface area contributed by atoms with Gasteiger partial charge in [0.15, 0.2) is 11.6 Å². The Hall–Kier alpha value is -2.09. The van der Waals surface area contributed by atoms with E-state index in [0.717, 1.165) is 31.7 Å². The van der Waals surface area contributed by atoms with Crippen LogP contribution in [-0.2, 0) is 16.0 Å². The van der Waals surface area contributed by atoms with E-state index in [9.17, 15) is 22.8 Å². The molecule has 0 radical (unpaired) electrons. The van der Waals surface area contributed by atoms with Crippen molar-refractivity contribution in [1.29, 1.82) is 0 Å². The average Bonchev–Trinajstić information content (AvgIpc) is 3.49. The smallest absolute Gasteiger partial charge is 0.242 e. The minimum Gasteiger partial charge on any atom is -0.347 e. The summed E-state index contributed by atoms with van der Waals surface area (Å²) in [5.41, 5.74) is 6.38. The van der Waals surface area contributed by atoms with E-state index < -0.39 is 23.5 Å². The average molecular weight is 409 g/mol. The molecule has 3 N–H and O–H groups in total. The lowest BCUT2D eigenvalue weighted by molar-refractivity contribution is -0.137. The fourth-order valence-electron chi connectivity index (χ4n) is 4.86. The molecule has 0 spiro atoms. The van der Waals surface area contributed by atoms with Crippen molar-refractivity contribution < 1.29 is 22.8 Å². The topological polar surface area (TPSA) is 75.4 Å². The first kappa shape index (κ1) is 20.2. The summed E-state index contributed by atoms with van der Waals surface area (Å²) in [5.74, 6) is -3.05. The lowest BCUT2D eigenvalue weighted by Gasteiger charge is -2.41. The lowest BCUT2D eigenvalue weighted by atomic mass is 9.82. The molecule has 5 nitrogen and oxygen atoms in total. The lowest BCUT2D eigenvalue weighted by Crippen LogP contribution is -2.52. The van der Waals surface area contributed by atoms with Gasteiger partial charge in [-0.05, 0) is 62.5 Å². The van der Waals surface area contributed by atoms with Gasteiger partial charge in [0.1, 0.15) is 5.82 Å². The van der Waals surface area contributed by atoms with Gasteiger partial charge in [-0.2, -0.15) is 0 Å². The SMILES string of the molecule is N[C@H](Cc1cc(F)c(F)cc1F)C1C[C@H]2CC[C@@H](C1)N2C(=O)CNC(=O)C1CC1. The van der Waals surface area contributed by atoms with Crippen molar-refractivity contribution in [2.75, 3.05) is 6.54 Å². The molecule has 1 saturated carbocycles. The second-order valence-corrected chi connectivity index (χ2v) is 8.64. The molecule has 8 heteroatoms. The van der Waals surface area contributed by atoms with Crippen LogP contribution in [0.1, 0.15) is 44.1 Å². The molecular weight excluding hydrogens is 383 g/mol. The summed E-state index contributed by atoms with van der Waals surface area (Å²) < 4.78 is 40.5. The van der Waals surface area contributed by atoms with Gasteiger partial charge in [-0.25, -0.2) is 13.2 Å². The van der Waals surface area contributed by atoms with Crippen molar-refractivity contribution in [1.82, 2.24) is 10.2 Å². The number of carbonyl (C=O) groups is 2. The van der Waals surface area contributed by atoms with E-state index in [1.165, 1.54) is 0 Å². The van der Waals surface area contributed by atoms with Crippen LogP contribution < -0.4 is 11.1 Å². The number of rotatable bonds is 6. The zero-order valence-corrected chi connectivity index (χ0v) is 16.2. The van der Waals surface area contributed by atoms with Gasteiger partial charge in [-0.15, -0.1) is 0 Å². The van der Waals surface area contributed by atoms with E-state index in [4.69, 9.17) is 5.73 Å². The normalized spacial score (nSPS) is 27.0. The Balaban J connectivity index is 1.35. The second-order valence-electron chi connectivity index (χ2n) is 8.64. The Morgan fingerprint density at radius 3 is 2.28 bits per heavy atom. The van der Waals surface area contributed by atoms with Crippen molar-refractivity contribution in [2.45, 2.75) is 63.1 Å². The Kier molecular flexibility index (Phi) is 5.55. The number of fused-ring (bicyclic) bond motifs is 2. The molecule has 1 aromatic carbocycles. The molecule has 2 saturated heterocycles. The highest BCUT2D eigenvalue weighted by molar-refractivity contribution is 5.87. The van der Waals surface area contributed by atoms with E-state index in [1.54, 1.807) is 0 Å². The van der Waals surface area contributed by atoms with Crippen LogP contribution >= 0.6 is 0 Å². The van der Waals surface area contributed by atoms with Crippen molar-refractivity contribution in [2.24, 2.45) is 17.6 Å². The Morgan fingerprint density at radius 2 is 1.66 bits per heavy atom. The third kappa shape index (κ3) is 4.27. The fraction of sp³-hybridized carbons (Fsp3) is 0.619. The van der Waals surface area contributed by atoms with Gasteiger partial charge in [0, 0.05) is 30.1 Å². The van der Waals surface area contributed by atoms with E-state index in [1.807, 2.05) is 4.90 Å². The third-order valence-corrected chi connectivity index (χ3v) is 6.57. The van der Waals surface area contributed by atoms with Crippen LogP contribution in [0.25, 0.3) is 0 Å². The highest BCUT2D eigenvalue weighted by atomic mass is 19.2. The minimum absolute atomic E-state index is 0.0269. The number of nitrogens with two attached hydrogens (primary N) is 1. The van der Waals surface area contributed by atoms with Crippen molar-refractivity contribution in [3.05, 3.63) is 35.1 Å². The summed E-state index contributed by atoms with van der Waals surface area (Å²) in [6.45, 7) is 0.0269. The number of nitrogens with one attached hydrogen (secondary N) is 1. The summed E-state index contributed by atoms with van der Waals surface area (Å²) in [6.07, 6.45) is 5.08. The first-order chi connectivity index (χ1) is 13.8. The van der Waals surface area contributed by atoms with E-state index in [0.29, 0.717) is 18.9 Å². The molecule has 3 fully saturated rings. The molecular formula is C21H26F3N3O2. The first-order valence-electron chi connectivity index (χ1n) is 10.3. The quantitative estimate of drug-likeness (QED) is 0.708. The zero-order chi connectivity index (χ0) is 20.7. The van der Waals surface area contributed by atoms with Crippen LogP contribution in [0.2, 0.25) is 0 Å². The van der Waals surface area contributed by atoms with Crippen LogP contribution in [0.3, 0.4) is 0 Å². The molecule has 2 amide bonds. The Morgan fingerprint density at radius 1 is 1.03 bits per heavy atom. The second kappa shape index (κ2) is 7.97.